The number of esters is 2. The van der Waals surface area contributed by atoms with Gasteiger partial charge in [-0.25, -0.2) is 9.13 Å². The predicted molar refractivity (Wildman–Crippen MR) is 252 cm³/mol. The highest BCUT2D eigenvalue weighted by Gasteiger charge is 2.54. The van der Waals surface area contributed by atoms with Crippen molar-refractivity contribution in [3.63, 3.8) is 0 Å². The van der Waals surface area contributed by atoms with Crippen LogP contribution in [0.25, 0.3) is 0 Å². The SMILES string of the molecule is CCCCCC/C=C\CCCCCCCCCC(=O)O[C@H](COC(=O)CCC/C=C\C/C=C\C/C=C\C=C\[C@H](O)CCCCC)COP(=O)(O)O[C@H]1C(O)C(O)C(O)[C@@H](OP(=O)(O)O)C1O. The molecule has 1 aliphatic rings. The summed E-state index contributed by atoms with van der Waals surface area (Å²) in [6, 6.07) is 0. The molecule has 8 N–H and O–H groups in total. The van der Waals surface area contributed by atoms with E-state index in [4.69, 9.17) is 18.5 Å². The number of ether oxygens (including phenoxy) is 2. The first-order valence-corrected chi connectivity index (χ1v) is 27.0. The van der Waals surface area contributed by atoms with Crippen LogP contribution in [0.15, 0.2) is 60.8 Å². The Morgan fingerprint density at radius 3 is 1.71 bits per heavy atom. The summed E-state index contributed by atoms with van der Waals surface area (Å²) >= 11 is 0. The van der Waals surface area contributed by atoms with E-state index in [2.05, 4.69) is 30.5 Å². The third-order valence-corrected chi connectivity index (χ3v) is 12.2. The smallest absolute Gasteiger partial charge is 0.462 e. The van der Waals surface area contributed by atoms with Gasteiger partial charge in [0.05, 0.1) is 12.7 Å². The highest BCUT2D eigenvalue weighted by molar-refractivity contribution is 7.47. The number of carbonyl (C=O) groups excluding carboxylic acids is 2. The highest BCUT2D eigenvalue weighted by Crippen LogP contribution is 2.49. The molecule has 0 aliphatic heterocycles. The van der Waals surface area contributed by atoms with E-state index in [-0.39, 0.29) is 12.8 Å². The van der Waals surface area contributed by atoms with E-state index in [1.54, 1.807) is 6.08 Å². The van der Waals surface area contributed by atoms with Gasteiger partial charge in [0.25, 0.3) is 0 Å². The Labute approximate surface area is 392 Å². The molecule has 0 aromatic carbocycles. The normalized spacial score (nSPS) is 22.5. The molecule has 1 rings (SSSR count). The average Bonchev–Trinajstić information content (AvgIpc) is 3.26. The summed E-state index contributed by atoms with van der Waals surface area (Å²) in [5.41, 5.74) is 0. The minimum Gasteiger partial charge on any atom is -0.462 e. The fourth-order valence-corrected chi connectivity index (χ4v) is 8.43. The van der Waals surface area contributed by atoms with Gasteiger partial charge in [0.15, 0.2) is 6.10 Å². The molecule has 5 unspecified atom stereocenters. The molecule has 0 aromatic rings. The standard InChI is InChI=1S/C47H82O17P2/c1-3-5-7-8-9-10-11-12-13-14-17-21-24-27-31-35-41(50)62-39(37-61-66(58,59)64-47-44(53)42(51)43(52)46(45(47)54)63-65(55,56)57)36-60-40(49)34-30-26-23-20-18-15-16-19-22-25-29-33-38(48)32-28-6-4-2/h10-11,15-16,20,22-23,25,29,33,38-39,42-48,51-54H,3-9,12-14,17-19,21,24,26-28,30-32,34-37H2,1-2H3,(H,58,59)(H2,55,56,57)/b11-10-,16-15-,23-20-,25-22-,33-29+/t38-,39-,42?,43?,44?,45?,46-,47+/m1/s1. The molecule has 0 amide bonds. The van der Waals surface area contributed by atoms with Crippen molar-refractivity contribution in [1.82, 2.24) is 0 Å². The number of allylic oxidation sites excluding steroid dienone is 9. The maximum atomic E-state index is 13.0. The Morgan fingerprint density at radius 1 is 0.561 bits per heavy atom. The van der Waals surface area contributed by atoms with Crippen LogP contribution in [0.3, 0.4) is 0 Å². The summed E-state index contributed by atoms with van der Waals surface area (Å²) in [7, 11) is -10.7. The largest absolute Gasteiger partial charge is 0.472 e. The van der Waals surface area contributed by atoms with Crippen LogP contribution in [0, 0.1) is 0 Å². The summed E-state index contributed by atoms with van der Waals surface area (Å²) in [4.78, 5) is 54.3. The Balaban J connectivity index is 2.65. The molecule has 1 saturated carbocycles. The molecule has 1 fully saturated rings. The van der Waals surface area contributed by atoms with Crippen LogP contribution in [-0.4, -0.2) is 114 Å². The lowest BCUT2D eigenvalue weighted by Gasteiger charge is -2.43. The van der Waals surface area contributed by atoms with E-state index in [0.29, 0.717) is 25.7 Å². The minimum absolute atomic E-state index is 0.0161. The number of phosphoric acid groups is 2. The molecule has 0 radical (unpaired) electrons. The van der Waals surface area contributed by atoms with Crippen LogP contribution in [-0.2, 0) is 41.8 Å². The van der Waals surface area contributed by atoms with Crippen LogP contribution in [0.2, 0.25) is 0 Å². The molecule has 0 heterocycles. The third kappa shape index (κ3) is 31.7. The van der Waals surface area contributed by atoms with Crippen LogP contribution < -0.4 is 0 Å². The first kappa shape index (κ1) is 61.7. The zero-order valence-electron chi connectivity index (χ0n) is 39.2. The maximum Gasteiger partial charge on any atom is 0.472 e. The number of aliphatic hydroxyl groups excluding tert-OH is 5. The number of phosphoric ester groups is 2. The van der Waals surface area contributed by atoms with Gasteiger partial charge in [0.1, 0.15) is 43.2 Å². The first-order chi connectivity index (χ1) is 31.5. The summed E-state index contributed by atoms with van der Waals surface area (Å²) in [5, 5.41) is 51.1. The van der Waals surface area contributed by atoms with Gasteiger partial charge < -0.3 is 49.7 Å². The number of carbonyl (C=O) groups is 2. The molecule has 19 heteroatoms. The molecule has 17 nitrogen and oxygen atoms in total. The number of rotatable bonds is 39. The average molecular weight is 981 g/mol. The van der Waals surface area contributed by atoms with E-state index >= 15 is 0 Å². The lowest BCUT2D eigenvalue weighted by Crippen LogP contribution is -2.64. The third-order valence-electron chi connectivity index (χ3n) is 10.7. The Kier molecular flexibility index (Phi) is 35.1. The molecule has 0 spiro atoms. The quantitative estimate of drug-likeness (QED) is 0.00951. The number of unbranched alkanes of at least 4 members (excludes halogenated alkanes) is 14. The monoisotopic (exact) mass is 981 g/mol. The van der Waals surface area contributed by atoms with E-state index in [0.717, 1.165) is 83.5 Å². The zero-order chi connectivity index (χ0) is 49.1. The van der Waals surface area contributed by atoms with Crippen molar-refractivity contribution in [2.75, 3.05) is 13.2 Å². The predicted octanol–water partition coefficient (Wildman–Crippen LogP) is 8.03. The molecule has 0 aromatic heterocycles. The first-order valence-electron chi connectivity index (χ1n) is 23.9. The van der Waals surface area contributed by atoms with Crippen LogP contribution in [0.1, 0.15) is 162 Å². The van der Waals surface area contributed by atoms with Crippen LogP contribution in [0.4, 0.5) is 0 Å². The van der Waals surface area contributed by atoms with E-state index in [1.807, 2.05) is 42.5 Å². The Hall–Kier alpha value is -2.34. The van der Waals surface area contributed by atoms with Gasteiger partial charge in [-0.05, 0) is 64.2 Å². The van der Waals surface area contributed by atoms with Crippen molar-refractivity contribution in [3.05, 3.63) is 60.8 Å². The minimum atomic E-state index is -5.38. The van der Waals surface area contributed by atoms with E-state index in [9.17, 15) is 58.9 Å². The lowest BCUT2D eigenvalue weighted by atomic mass is 9.85. The second kappa shape index (κ2) is 37.5. The highest BCUT2D eigenvalue weighted by atomic mass is 31.2. The summed E-state index contributed by atoms with van der Waals surface area (Å²) < 4.78 is 49.3. The van der Waals surface area contributed by atoms with Gasteiger partial charge >= 0.3 is 27.6 Å². The molecule has 382 valence electrons. The maximum absolute atomic E-state index is 13.0. The fraction of sp³-hybridized carbons (Fsp3) is 0.745. The van der Waals surface area contributed by atoms with Crippen LogP contribution >= 0.6 is 15.6 Å². The molecular weight excluding hydrogens is 898 g/mol. The van der Waals surface area contributed by atoms with E-state index < -0.39 is 89.6 Å². The van der Waals surface area contributed by atoms with E-state index in [1.165, 1.54) is 25.7 Å². The van der Waals surface area contributed by atoms with Crippen molar-refractivity contribution in [3.8, 4) is 0 Å². The molecule has 66 heavy (non-hydrogen) atoms. The van der Waals surface area contributed by atoms with Crippen molar-refractivity contribution in [2.24, 2.45) is 0 Å². The Morgan fingerprint density at radius 2 is 1.08 bits per heavy atom. The fourth-order valence-electron chi connectivity index (χ4n) is 6.89. The van der Waals surface area contributed by atoms with Gasteiger partial charge in [-0.15, -0.1) is 0 Å². The molecule has 0 bridgehead atoms. The molecule has 1 aliphatic carbocycles. The second-order valence-electron chi connectivity index (χ2n) is 16.7. The van der Waals surface area contributed by atoms with Gasteiger partial charge in [-0.3, -0.25) is 23.2 Å². The number of hydrogen-bond acceptors (Lipinski definition) is 14. The van der Waals surface area contributed by atoms with Crippen molar-refractivity contribution in [2.45, 2.75) is 210 Å². The summed E-state index contributed by atoms with van der Waals surface area (Å²) in [5.74, 6) is -1.31. The van der Waals surface area contributed by atoms with Crippen molar-refractivity contribution in [1.29, 1.82) is 0 Å². The number of hydrogen-bond donors (Lipinski definition) is 8. The molecule has 0 saturated heterocycles. The summed E-state index contributed by atoms with van der Waals surface area (Å²) in [6.07, 6.45) is 25.0. The van der Waals surface area contributed by atoms with Crippen LogP contribution in [0.5, 0.6) is 0 Å². The lowest BCUT2D eigenvalue weighted by molar-refractivity contribution is -0.216. The van der Waals surface area contributed by atoms with Gasteiger partial charge in [-0.2, -0.15) is 0 Å². The molecule has 9 atom stereocenters. The van der Waals surface area contributed by atoms with Crippen molar-refractivity contribution < 1.29 is 82.0 Å². The van der Waals surface area contributed by atoms with Gasteiger partial charge in [0.2, 0.25) is 0 Å². The van der Waals surface area contributed by atoms with Gasteiger partial charge in [0, 0.05) is 12.8 Å². The topological polar surface area (TPSA) is 276 Å². The van der Waals surface area contributed by atoms with Gasteiger partial charge in [-0.1, -0.05) is 145 Å². The summed E-state index contributed by atoms with van der Waals surface area (Å²) in [6.45, 7) is 2.91. The molecular formula is C47H82O17P2. The van der Waals surface area contributed by atoms with Crippen molar-refractivity contribution >= 4 is 27.6 Å². The second-order valence-corrected chi connectivity index (χ2v) is 19.3. The zero-order valence-corrected chi connectivity index (χ0v) is 41.0. The Bertz CT molecular complexity index is 1530. The number of aliphatic hydroxyl groups is 5.